The van der Waals surface area contributed by atoms with E-state index < -0.39 is 0 Å². The van der Waals surface area contributed by atoms with Crippen molar-refractivity contribution in [1.29, 1.82) is 0 Å². The molecule has 40 heavy (non-hydrogen) atoms. The van der Waals surface area contributed by atoms with Crippen molar-refractivity contribution in [2.24, 2.45) is 34.4 Å². The first kappa shape index (κ1) is 32.6. The van der Waals surface area contributed by atoms with Gasteiger partial charge in [-0.15, -0.1) is 0 Å². The topological polar surface area (TPSA) is 50.8 Å². The van der Waals surface area contributed by atoms with Gasteiger partial charge in [-0.3, -0.25) is 9.89 Å². The molecule has 4 rings (SSSR count). The lowest BCUT2D eigenvalue weighted by molar-refractivity contribution is 0.0393. The van der Waals surface area contributed by atoms with E-state index in [9.17, 15) is 0 Å². The van der Waals surface area contributed by atoms with Crippen LogP contribution in [0.1, 0.15) is 105 Å². The van der Waals surface area contributed by atoms with Gasteiger partial charge in [-0.05, 0) is 57.8 Å². The number of aliphatic imine (C=N–C) groups is 1. The summed E-state index contributed by atoms with van der Waals surface area (Å²) in [5, 5.41) is 0. The van der Waals surface area contributed by atoms with Gasteiger partial charge in [-0.25, -0.2) is 0 Å². The molecular formula is C36H59N3O. The molecule has 3 fully saturated rings. The average Bonchev–Trinajstić information content (AvgIpc) is 2.95. The molecule has 1 aliphatic heterocycles. The molecule has 0 aromatic heterocycles. The van der Waals surface area contributed by atoms with Crippen molar-refractivity contribution in [3.05, 3.63) is 58.9 Å². The van der Waals surface area contributed by atoms with E-state index in [0.29, 0.717) is 17.5 Å². The van der Waals surface area contributed by atoms with Crippen LogP contribution in [-0.4, -0.2) is 43.6 Å². The lowest BCUT2D eigenvalue weighted by Crippen LogP contribution is -2.37. The fourth-order valence-electron chi connectivity index (χ4n) is 7.09. The van der Waals surface area contributed by atoms with Gasteiger partial charge in [0.05, 0.1) is 19.9 Å². The number of nitrogens with zero attached hydrogens (tertiary/aromatic N) is 2. The molecule has 0 bridgehead atoms. The van der Waals surface area contributed by atoms with Crippen LogP contribution in [0.5, 0.6) is 0 Å². The van der Waals surface area contributed by atoms with Crippen molar-refractivity contribution in [2.45, 2.75) is 105 Å². The molecule has 0 aromatic carbocycles. The Morgan fingerprint density at radius 2 is 1.77 bits per heavy atom. The van der Waals surface area contributed by atoms with Gasteiger partial charge >= 0.3 is 0 Å². The van der Waals surface area contributed by atoms with Gasteiger partial charge in [0, 0.05) is 41.9 Å². The summed E-state index contributed by atoms with van der Waals surface area (Å²) in [4.78, 5) is 7.60. The van der Waals surface area contributed by atoms with Crippen LogP contribution in [0.3, 0.4) is 0 Å². The number of rotatable bonds is 10. The largest absolute Gasteiger partial charge is 0.399 e. The van der Waals surface area contributed by atoms with Crippen LogP contribution in [0.2, 0.25) is 0 Å². The van der Waals surface area contributed by atoms with E-state index in [4.69, 9.17) is 15.5 Å². The molecule has 0 radical (unpaired) electrons. The lowest BCUT2D eigenvalue weighted by Gasteiger charge is -2.30. The summed E-state index contributed by atoms with van der Waals surface area (Å²) in [5.74, 6) is 2.75. The van der Waals surface area contributed by atoms with Gasteiger partial charge in [0.2, 0.25) is 0 Å². The molecule has 1 saturated heterocycles. The first-order valence-electron chi connectivity index (χ1n) is 16.0. The normalized spacial score (nSPS) is 28.0. The maximum Gasteiger partial charge on any atom is 0.0914 e. The highest BCUT2D eigenvalue weighted by Gasteiger charge is 2.25. The molecular weight excluding hydrogens is 490 g/mol. The van der Waals surface area contributed by atoms with Crippen molar-refractivity contribution in [2.75, 3.05) is 33.0 Å². The van der Waals surface area contributed by atoms with E-state index in [1.165, 1.54) is 87.5 Å². The summed E-state index contributed by atoms with van der Waals surface area (Å²) in [5.41, 5.74) is 13.9. The molecule has 0 aromatic rings. The van der Waals surface area contributed by atoms with Crippen LogP contribution in [0.15, 0.2) is 63.9 Å². The van der Waals surface area contributed by atoms with Gasteiger partial charge in [0.25, 0.3) is 0 Å². The Morgan fingerprint density at radius 3 is 2.48 bits per heavy atom. The predicted octanol–water partition coefficient (Wildman–Crippen LogP) is 8.78. The number of hydrogen-bond donors (Lipinski definition) is 1. The maximum atomic E-state index is 6.45. The smallest absolute Gasteiger partial charge is 0.0914 e. The minimum absolute atomic E-state index is 0. The SMILES string of the molecule is C.C=C(N)C(=C\C=C(/C)C1C=CC(C)=C(CCC2CCCCC2C)C1)/C(=N\CN1CCOCC1)C1CCCCC1. The fraction of sp³-hybridized carbons (Fsp3) is 0.694. The Bertz CT molecular complexity index is 972. The molecule has 0 spiro atoms. The summed E-state index contributed by atoms with van der Waals surface area (Å²) in [6, 6.07) is 0. The number of allylic oxidation sites excluding steroid dienone is 8. The van der Waals surface area contributed by atoms with Crippen LogP contribution < -0.4 is 5.73 Å². The van der Waals surface area contributed by atoms with Crippen LogP contribution in [-0.2, 0) is 4.74 Å². The third-order valence-electron chi connectivity index (χ3n) is 9.96. The zero-order valence-corrected chi connectivity index (χ0v) is 25.2. The number of morpholine rings is 1. The molecule has 2 saturated carbocycles. The van der Waals surface area contributed by atoms with Crippen molar-refractivity contribution in [3.8, 4) is 0 Å². The van der Waals surface area contributed by atoms with Gasteiger partial charge in [0.1, 0.15) is 0 Å². The van der Waals surface area contributed by atoms with Crippen molar-refractivity contribution in [3.63, 3.8) is 0 Å². The Balaban J connectivity index is 0.00000441. The summed E-state index contributed by atoms with van der Waals surface area (Å²) in [6.07, 6.45) is 25.1. The Hall–Kier alpha value is -1.91. The minimum Gasteiger partial charge on any atom is -0.399 e. The van der Waals surface area contributed by atoms with Crippen LogP contribution >= 0.6 is 0 Å². The second-order valence-corrected chi connectivity index (χ2v) is 12.8. The Kier molecular flexibility index (Phi) is 13.5. The monoisotopic (exact) mass is 549 g/mol. The van der Waals surface area contributed by atoms with Crippen LogP contribution in [0, 0.1) is 23.7 Å². The molecule has 3 aliphatic carbocycles. The molecule has 1 heterocycles. The Labute approximate surface area is 246 Å². The molecule has 4 aliphatic rings. The average molecular weight is 550 g/mol. The number of nitrogens with two attached hydrogens (primary N) is 1. The highest BCUT2D eigenvalue weighted by molar-refractivity contribution is 6.05. The second kappa shape index (κ2) is 16.5. The third kappa shape index (κ3) is 9.31. The van der Waals surface area contributed by atoms with Crippen molar-refractivity contribution in [1.82, 2.24) is 4.90 Å². The van der Waals surface area contributed by atoms with Gasteiger partial charge in [-0.2, -0.15) is 0 Å². The summed E-state index contributed by atoms with van der Waals surface area (Å²) in [7, 11) is 0. The van der Waals surface area contributed by atoms with E-state index in [2.05, 4.69) is 56.6 Å². The fourth-order valence-corrected chi connectivity index (χ4v) is 7.09. The van der Waals surface area contributed by atoms with Gasteiger partial charge in [-0.1, -0.05) is 107 Å². The standard InChI is InChI=1S/C35H55N3O.CH4/c1-26-10-8-9-11-30(26)17-18-33-24-32(16-14-27(33)2)28(3)15-19-34(29(4)36)35(31-12-6-5-7-13-31)37-25-38-20-22-39-23-21-38;/h14-16,19,26,30-32H,4-13,17-18,20-25,36H2,1-3H3;1H4/b28-15+,34-19+,37-35-;. The molecule has 3 unspecified atom stereocenters. The number of ether oxygens (including phenoxy) is 1. The first-order chi connectivity index (χ1) is 18.9. The van der Waals surface area contributed by atoms with Crippen molar-refractivity contribution >= 4 is 5.71 Å². The molecule has 4 heteroatoms. The predicted molar refractivity (Wildman–Crippen MR) is 173 cm³/mol. The minimum atomic E-state index is 0. The summed E-state index contributed by atoms with van der Waals surface area (Å²) < 4.78 is 5.54. The van der Waals surface area contributed by atoms with E-state index in [0.717, 1.165) is 56.8 Å². The highest BCUT2D eigenvalue weighted by Crippen LogP contribution is 2.37. The summed E-state index contributed by atoms with van der Waals surface area (Å²) in [6.45, 7) is 15.5. The van der Waals surface area contributed by atoms with E-state index >= 15 is 0 Å². The van der Waals surface area contributed by atoms with Gasteiger partial charge in [0.15, 0.2) is 0 Å². The zero-order valence-electron chi connectivity index (χ0n) is 25.2. The Morgan fingerprint density at radius 1 is 1.07 bits per heavy atom. The number of hydrogen-bond acceptors (Lipinski definition) is 4. The highest BCUT2D eigenvalue weighted by atomic mass is 16.5. The van der Waals surface area contributed by atoms with E-state index in [1.807, 2.05) is 0 Å². The van der Waals surface area contributed by atoms with Crippen LogP contribution in [0.4, 0.5) is 0 Å². The van der Waals surface area contributed by atoms with Gasteiger partial charge < -0.3 is 10.5 Å². The van der Waals surface area contributed by atoms with E-state index in [1.54, 1.807) is 5.57 Å². The molecule has 3 atom stereocenters. The van der Waals surface area contributed by atoms with Crippen molar-refractivity contribution < 1.29 is 4.74 Å². The lowest BCUT2D eigenvalue weighted by atomic mass is 9.76. The quantitative estimate of drug-likeness (QED) is 0.219. The van der Waals surface area contributed by atoms with Crippen LogP contribution in [0.25, 0.3) is 0 Å². The van der Waals surface area contributed by atoms with E-state index in [-0.39, 0.29) is 7.43 Å². The second-order valence-electron chi connectivity index (χ2n) is 12.8. The molecule has 0 amide bonds. The molecule has 224 valence electrons. The summed E-state index contributed by atoms with van der Waals surface area (Å²) >= 11 is 0. The third-order valence-corrected chi connectivity index (χ3v) is 9.96. The first-order valence-corrected chi connectivity index (χ1v) is 16.0. The maximum absolute atomic E-state index is 6.45. The molecule has 2 N–H and O–H groups in total. The molecule has 4 nitrogen and oxygen atoms in total. The zero-order chi connectivity index (χ0) is 27.6.